The number of hydrogen-bond acceptors (Lipinski definition) is 4. The molecule has 1 N–H and O–H groups in total. The molecule has 1 aliphatic heterocycles. The fourth-order valence-corrected chi connectivity index (χ4v) is 4.96. The summed E-state index contributed by atoms with van der Waals surface area (Å²) < 4.78 is 23.1. The highest BCUT2D eigenvalue weighted by molar-refractivity contribution is 7.91. The lowest BCUT2D eigenvalue weighted by Gasteiger charge is -2.26. The summed E-state index contributed by atoms with van der Waals surface area (Å²) >= 11 is 0. The van der Waals surface area contributed by atoms with Gasteiger partial charge in [-0.25, -0.2) is 8.42 Å². The lowest BCUT2D eigenvalue weighted by atomic mass is 10.0. The quantitative estimate of drug-likeness (QED) is 0.881. The van der Waals surface area contributed by atoms with E-state index in [4.69, 9.17) is 0 Å². The first-order valence-electron chi connectivity index (χ1n) is 7.44. The number of sulfone groups is 1. The van der Waals surface area contributed by atoms with Crippen LogP contribution in [0.25, 0.3) is 0 Å². The minimum absolute atomic E-state index is 0.0350. The van der Waals surface area contributed by atoms with Gasteiger partial charge in [-0.1, -0.05) is 24.3 Å². The fourth-order valence-electron chi connectivity index (χ4n) is 2.86. The van der Waals surface area contributed by atoms with E-state index in [2.05, 4.69) is 11.4 Å². The van der Waals surface area contributed by atoms with E-state index in [1.807, 2.05) is 37.1 Å². The van der Waals surface area contributed by atoms with E-state index in [1.54, 1.807) is 6.92 Å². The van der Waals surface area contributed by atoms with E-state index in [9.17, 15) is 13.2 Å². The molecule has 0 aromatic heterocycles. The van der Waals surface area contributed by atoms with Gasteiger partial charge in [0.2, 0.25) is 5.91 Å². The number of carbonyl (C=O) groups excluding carboxylic acids is 1. The zero-order chi connectivity index (χ0) is 16.4. The topological polar surface area (TPSA) is 66.5 Å². The predicted molar refractivity (Wildman–Crippen MR) is 87.3 cm³/mol. The van der Waals surface area contributed by atoms with Gasteiger partial charge >= 0.3 is 0 Å². The van der Waals surface area contributed by atoms with Crippen LogP contribution in [-0.4, -0.2) is 49.9 Å². The lowest BCUT2D eigenvalue weighted by Crippen LogP contribution is -2.49. The van der Waals surface area contributed by atoms with Crippen LogP contribution >= 0.6 is 0 Å². The second kappa shape index (κ2) is 6.38. The van der Waals surface area contributed by atoms with Gasteiger partial charge in [0.1, 0.15) is 0 Å². The minimum atomic E-state index is -3.01. The molecule has 5 nitrogen and oxygen atoms in total. The van der Waals surface area contributed by atoms with Crippen molar-refractivity contribution in [3.05, 3.63) is 35.4 Å². The van der Waals surface area contributed by atoms with Crippen LogP contribution < -0.4 is 5.32 Å². The lowest BCUT2D eigenvalue weighted by molar-refractivity contribution is -0.123. The number of amides is 1. The molecule has 1 amide bonds. The maximum Gasteiger partial charge on any atom is 0.234 e. The third-order valence-electron chi connectivity index (χ3n) is 4.06. The van der Waals surface area contributed by atoms with Crippen LogP contribution in [0.1, 0.15) is 24.5 Å². The number of aryl methyl sites for hydroxylation is 1. The van der Waals surface area contributed by atoms with Crippen molar-refractivity contribution in [3.8, 4) is 0 Å². The molecule has 0 saturated carbocycles. The molecule has 1 fully saturated rings. The molecule has 22 heavy (non-hydrogen) atoms. The molecule has 1 aliphatic rings. The molecule has 6 heteroatoms. The molecule has 1 aromatic rings. The minimum Gasteiger partial charge on any atom is -0.349 e. The summed E-state index contributed by atoms with van der Waals surface area (Å²) in [6.45, 7) is 4.80. The van der Waals surface area contributed by atoms with E-state index in [1.165, 1.54) is 11.1 Å². The van der Waals surface area contributed by atoms with Crippen LogP contribution in [0.4, 0.5) is 0 Å². The smallest absolute Gasteiger partial charge is 0.234 e. The van der Waals surface area contributed by atoms with Gasteiger partial charge in [0.15, 0.2) is 9.84 Å². The molecule has 1 atom stereocenters. The van der Waals surface area contributed by atoms with Crippen molar-refractivity contribution in [2.45, 2.75) is 32.4 Å². The molecule has 2 rings (SSSR count). The van der Waals surface area contributed by atoms with Crippen LogP contribution in [-0.2, 0) is 21.2 Å². The first-order valence-corrected chi connectivity index (χ1v) is 9.26. The van der Waals surface area contributed by atoms with E-state index in [-0.39, 0.29) is 24.0 Å². The Balaban J connectivity index is 1.88. The number of benzene rings is 1. The molecule has 0 spiro atoms. The van der Waals surface area contributed by atoms with E-state index < -0.39 is 15.4 Å². The highest BCUT2D eigenvalue weighted by atomic mass is 32.2. The molecule has 0 unspecified atom stereocenters. The summed E-state index contributed by atoms with van der Waals surface area (Å²) in [5.41, 5.74) is 1.76. The number of carbonyl (C=O) groups is 1. The molecule has 0 bridgehead atoms. The van der Waals surface area contributed by atoms with Gasteiger partial charge in [0.05, 0.1) is 23.6 Å². The summed E-state index contributed by atoms with van der Waals surface area (Å²) in [4.78, 5) is 14.1. The molecule has 1 aromatic carbocycles. The zero-order valence-corrected chi connectivity index (χ0v) is 14.2. The van der Waals surface area contributed by atoms with Gasteiger partial charge in [0.25, 0.3) is 0 Å². The average molecular weight is 324 g/mol. The van der Waals surface area contributed by atoms with Crippen molar-refractivity contribution in [1.29, 1.82) is 0 Å². The van der Waals surface area contributed by atoms with Crippen molar-refractivity contribution < 1.29 is 13.2 Å². The highest BCUT2D eigenvalue weighted by Crippen LogP contribution is 2.22. The Hall–Kier alpha value is -1.40. The summed E-state index contributed by atoms with van der Waals surface area (Å²) in [5.74, 6) is 0.0616. The van der Waals surface area contributed by atoms with Crippen molar-refractivity contribution in [2.75, 3.05) is 25.1 Å². The molecule has 0 radical (unpaired) electrons. The monoisotopic (exact) mass is 324 g/mol. The third kappa shape index (κ3) is 4.55. The van der Waals surface area contributed by atoms with E-state index >= 15 is 0 Å². The Labute approximate surface area is 132 Å². The number of nitrogens with zero attached hydrogens (tertiary/aromatic N) is 1. The number of likely N-dealkylation sites (N-methyl/N-ethyl adjacent to an activating group) is 1. The normalized spacial score (nSPS) is 23.6. The van der Waals surface area contributed by atoms with Crippen LogP contribution in [0.2, 0.25) is 0 Å². The number of nitrogens with one attached hydrogen (secondary N) is 1. The van der Waals surface area contributed by atoms with Gasteiger partial charge in [-0.2, -0.15) is 0 Å². The van der Waals surface area contributed by atoms with Gasteiger partial charge in [-0.15, -0.1) is 0 Å². The van der Waals surface area contributed by atoms with E-state index in [0.29, 0.717) is 13.0 Å². The van der Waals surface area contributed by atoms with Gasteiger partial charge in [-0.05, 0) is 38.4 Å². The summed E-state index contributed by atoms with van der Waals surface area (Å²) in [5, 5.41) is 2.88. The van der Waals surface area contributed by atoms with Gasteiger partial charge in [-0.3, -0.25) is 9.69 Å². The second-order valence-electron chi connectivity index (χ2n) is 6.55. The Morgan fingerprint density at radius 1 is 1.36 bits per heavy atom. The SMILES string of the molecule is Cc1ccccc1CN(C)CC(=O)N[C@@]1(C)CCS(=O)(=O)C1. The zero-order valence-electron chi connectivity index (χ0n) is 13.4. The van der Waals surface area contributed by atoms with Crippen LogP contribution in [0, 0.1) is 6.92 Å². The van der Waals surface area contributed by atoms with Crippen LogP contribution in [0.3, 0.4) is 0 Å². The first-order chi connectivity index (χ1) is 10.2. The largest absolute Gasteiger partial charge is 0.349 e. The fraction of sp³-hybridized carbons (Fsp3) is 0.562. The van der Waals surface area contributed by atoms with E-state index in [0.717, 1.165) is 0 Å². The molecule has 0 aliphatic carbocycles. The van der Waals surface area contributed by atoms with Crippen LogP contribution in [0.15, 0.2) is 24.3 Å². The highest BCUT2D eigenvalue weighted by Gasteiger charge is 2.39. The first kappa shape index (κ1) is 17.0. The Morgan fingerprint density at radius 3 is 2.64 bits per heavy atom. The van der Waals surface area contributed by atoms with Gasteiger partial charge in [0, 0.05) is 6.54 Å². The van der Waals surface area contributed by atoms with Crippen molar-refractivity contribution >= 4 is 15.7 Å². The van der Waals surface area contributed by atoms with Crippen molar-refractivity contribution in [3.63, 3.8) is 0 Å². The second-order valence-corrected chi connectivity index (χ2v) is 8.73. The van der Waals surface area contributed by atoms with Crippen LogP contribution in [0.5, 0.6) is 0 Å². The van der Waals surface area contributed by atoms with Gasteiger partial charge < -0.3 is 5.32 Å². The molecule has 122 valence electrons. The summed E-state index contributed by atoms with van der Waals surface area (Å²) in [7, 11) is -1.12. The molecule has 1 heterocycles. The average Bonchev–Trinajstić information content (AvgIpc) is 2.65. The Bertz CT molecular complexity index is 657. The van der Waals surface area contributed by atoms with Crippen molar-refractivity contribution in [2.24, 2.45) is 0 Å². The molecular weight excluding hydrogens is 300 g/mol. The summed E-state index contributed by atoms with van der Waals surface area (Å²) in [6, 6.07) is 8.08. The maximum atomic E-state index is 12.2. The molecular formula is C16H24N2O3S. The van der Waals surface area contributed by atoms with Crippen molar-refractivity contribution in [1.82, 2.24) is 10.2 Å². The standard InChI is InChI=1S/C16H24N2O3S/c1-13-6-4-5-7-14(13)10-18(3)11-15(19)17-16(2)8-9-22(20,21)12-16/h4-7H,8-12H2,1-3H3,(H,17,19)/t16-/m0/s1. The Kier molecular flexibility index (Phi) is 4.92. The summed E-state index contributed by atoms with van der Waals surface area (Å²) in [6.07, 6.45) is 0.489. The Morgan fingerprint density at radius 2 is 2.05 bits per heavy atom. The number of hydrogen-bond donors (Lipinski definition) is 1. The molecule has 1 saturated heterocycles. The maximum absolute atomic E-state index is 12.2. The third-order valence-corrected chi connectivity index (χ3v) is 5.96. The number of rotatable bonds is 5. The predicted octanol–water partition coefficient (Wildman–Crippen LogP) is 1.12.